The molecule has 20 heavy (non-hydrogen) atoms. The van der Waals surface area contributed by atoms with Gasteiger partial charge in [0.2, 0.25) is 11.8 Å². The summed E-state index contributed by atoms with van der Waals surface area (Å²) in [5.41, 5.74) is 0.717. The number of nitrogens with zero attached hydrogens (tertiary/aromatic N) is 1. The van der Waals surface area contributed by atoms with Gasteiger partial charge in [0.05, 0.1) is 17.5 Å². The standard InChI is InChI=1S/C16H14INO2/c17-11-5-7-12(8-6-11)18-15(19)13-9-1-2-10(4-3-9)14(13)16(18)20/h1-2,5-10,13-14H,3-4H2/t9-,10-,13-,14-/m0/s1. The molecule has 2 bridgehead atoms. The smallest absolute Gasteiger partial charge is 0.238 e. The van der Waals surface area contributed by atoms with E-state index in [9.17, 15) is 9.59 Å². The summed E-state index contributed by atoms with van der Waals surface area (Å²) in [6, 6.07) is 7.60. The molecule has 1 aromatic rings. The number of allylic oxidation sites excluding steroid dienone is 2. The van der Waals surface area contributed by atoms with Crippen molar-refractivity contribution in [1.82, 2.24) is 0 Å². The summed E-state index contributed by atoms with van der Waals surface area (Å²) in [6.07, 6.45) is 6.39. The summed E-state index contributed by atoms with van der Waals surface area (Å²) in [5, 5.41) is 0. The number of fused-ring (bicyclic) bond motifs is 1. The van der Waals surface area contributed by atoms with Gasteiger partial charge in [0.1, 0.15) is 0 Å². The van der Waals surface area contributed by atoms with E-state index < -0.39 is 0 Å². The van der Waals surface area contributed by atoms with Crippen LogP contribution < -0.4 is 4.90 Å². The van der Waals surface area contributed by atoms with E-state index in [0.29, 0.717) is 5.69 Å². The number of anilines is 1. The second-order valence-electron chi connectivity index (χ2n) is 5.83. The first-order valence-electron chi connectivity index (χ1n) is 6.98. The molecule has 1 aliphatic heterocycles. The maximum absolute atomic E-state index is 12.7. The van der Waals surface area contributed by atoms with Crippen LogP contribution >= 0.6 is 22.6 Å². The Labute approximate surface area is 131 Å². The predicted molar refractivity (Wildman–Crippen MR) is 84.0 cm³/mol. The van der Waals surface area contributed by atoms with Crippen molar-refractivity contribution in [3.63, 3.8) is 0 Å². The molecule has 3 nitrogen and oxygen atoms in total. The highest BCUT2D eigenvalue weighted by molar-refractivity contribution is 14.1. The Balaban J connectivity index is 1.75. The molecule has 0 radical (unpaired) electrons. The SMILES string of the molecule is O=C1[C@@H]2[C@@H](C(=O)N1c1ccc(I)cc1)[C@H]1C=C[C@H]2CC1. The minimum atomic E-state index is -0.120. The number of carbonyl (C=O) groups excluding carboxylic acids is 2. The number of benzene rings is 1. The Morgan fingerprint density at radius 2 is 1.40 bits per heavy atom. The highest BCUT2D eigenvalue weighted by Crippen LogP contribution is 2.50. The first-order chi connectivity index (χ1) is 9.66. The van der Waals surface area contributed by atoms with Crippen LogP contribution in [0.3, 0.4) is 0 Å². The monoisotopic (exact) mass is 379 g/mol. The van der Waals surface area contributed by atoms with Crippen molar-refractivity contribution in [2.75, 3.05) is 4.90 Å². The van der Waals surface area contributed by atoms with Gasteiger partial charge in [-0.2, -0.15) is 0 Å². The van der Waals surface area contributed by atoms with Crippen LogP contribution in [-0.2, 0) is 9.59 Å². The van der Waals surface area contributed by atoms with Gasteiger partial charge in [-0.1, -0.05) is 12.2 Å². The number of amides is 2. The predicted octanol–water partition coefficient (Wildman–Crippen LogP) is 2.99. The third-order valence-corrected chi connectivity index (χ3v) is 5.56. The molecule has 3 aliphatic carbocycles. The van der Waals surface area contributed by atoms with Crippen LogP contribution in [0.1, 0.15) is 12.8 Å². The number of carbonyl (C=O) groups is 2. The lowest BCUT2D eigenvalue weighted by atomic mass is 9.63. The maximum Gasteiger partial charge on any atom is 0.238 e. The van der Waals surface area contributed by atoms with Crippen LogP contribution in [0.4, 0.5) is 5.69 Å². The average Bonchev–Trinajstić information content (AvgIpc) is 2.76. The molecule has 0 spiro atoms. The highest BCUT2D eigenvalue weighted by Gasteiger charge is 2.56. The van der Waals surface area contributed by atoms with Gasteiger partial charge in [-0.15, -0.1) is 0 Å². The van der Waals surface area contributed by atoms with E-state index >= 15 is 0 Å². The van der Waals surface area contributed by atoms with Crippen molar-refractivity contribution in [2.24, 2.45) is 23.7 Å². The lowest BCUT2D eigenvalue weighted by molar-refractivity contribution is -0.124. The summed E-state index contributed by atoms with van der Waals surface area (Å²) in [6.45, 7) is 0. The van der Waals surface area contributed by atoms with Crippen LogP contribution in [0.25, 0.3) is 0 Å². The molecule has 1 saturated heterocycles. The topological polar surface area (TPSA) is 37.4 Å². The molecular formula is C16H14INO2. The zero-order valence-electron chi connectivity index (χ0n) is 10.8. The van der Waals surface area contributed by atoms with Gasteiger partial charge < -0.3 is 0 Å². The van der Waals surface area contributed by atoms with Crippen molar-refractivity contribution < 1.29 is 9.59 Å². The van der Waals surface area contributed by atoms with E-state index in [4.69, 9.17) is 0 Å². The maximum atomic E-state index is 12.7. The van der Waals surface area contributed by atoms with Gasteiger partial charge in [0.25, 0.3) is 0 Å². The van der Waals surface area contributed by atoms with E-state index in [-0.39, 0.29) is 35.5 Å². The number of hydrogen-bond acceptors (Lipinski definition) is 2. The second kappa shape index (κ2) is 4.41. The number of rotatable bonds is 1. The average molecular weight is 379 g/mol. The lowest BCUT2D eigenvalue weighted by Crippen LogP contribution is -2.38. The Bertz CT molecular complexity index is 590. The van der Waals surface area contributed by atoms with Crippen LogP contribution in [0.15, 0.2) is 36.4 Å². The van der Waals surface area contributed by atoms with Gasteiger partial charge in [0.15, 0.2) is 0 Å². The molecule has 5 rings (SSSR count). The van der Waals surface area contributed by atoms with Gasteiger partial charge in [-0.3, -0.25) is 14.5 Å². The van der Waals surface area contributed by atoms with Gasteiger partial charge in [-0.05, 0) is 71.5 Å². The van der Waals surface area contributed by atoms with E-state index in [2.05, 4.69) is 34.7 Å². The first-order valence-corrected chi connectivity index (χ1v) is 8.06. The van der Waals surface area contributed by atoms with Crippen LogP contribution in [-0.4, -0.2) is 11.8 Å². The molecule has 1 aromatic carbocycles. The molecule has 4 heteroatoms. The number of imide groups is 1. The lowest BCUT2D eigenvalue weighted by Gasteiger charge is -2.38. The third-order valence-electron chi connectivity index (χ3n) is 4.84. The van der Waals surface area contributed by atoms with Crippen LogP contribution in [0.2, 0.25) is 0 Å². The molecule has 102 valence electrons. The normalized spacial score (nSPS) is 34.8. The fourth-order valence-corrected chi connectivity index (χ4v) is 4.28. The van der Waals surface area contributed by atoms with Gasteiger partial charge in [-0.25, -0.2) is 0 Å². The highest BCUT2D eigenvalue weighted by atomic mass is 127. The Kier molecular flexibility index (Phi) is 2.77. The van der Waals surface area contributed by atoms with Crippen molar-refractivity contribution in [2.45, 2.75) is 12.8 Å². The zero-order chi connectivity index (χ0) is 13.9. The Hall–Kier alpha value is -1.17. The minimum Gasteiger partial charge on any atom is -0.274 e. The molecular weight excluding hydrogens is 365 g/mol. The fraction of sp³-hybridized carbons (Fsp3) is 0.375. The molecule has 2 fully saturated rings. The van der Waals surface area contributed by atoms with Crippen LogP contribution in [0, 0.1) is 27.2 Å². The molecule has 4 aliphatic rings. The molecule has 2 amide bonds. The first kappa shape index (κ1) is 12.6. The number of hydrogen-bond donors (Lipinski definition) is 0. The van der Waals surface area contributed by atoms with E-state index in [0.717, 1.165) is 16.4 Å². The quantitative estimate of drug-likeness (QED) is 0.428. The summed E-state index contributed by atoms with van der Waals surface area (Å²) >= 11 is 2.22. The van der Waals surface area contributed by atoms with E-state index in [1.54, 1.807) is 0 Å². The minimum absolute atomic E-state index is 0.000239. The number of halogens is 1. The zero-order valence-corrected chi connectivity index (χ0v) is 13.0. The van der Waals surface area contributed by atoms with Crippen LogP contribution in [0.5, 0.6) is 0 Å². The van der Waals surface area contributed by atoms with Gasteiger partial charge >= 0.3 is 0 Å². The van der Waals surface area contributed by atoms with Crippen molar-refractivity contribution >= 4 is 40.1 Å². The molecule has 0 unspecified atom stereocenters. The Morgan fingerprint density at radius 1 is 0.900 bits per heavy atom. The van der Waals surface area contributed by atoms with E-state index in [1.807, 2.05) is 24.3 Å². The van der Waals surface area contributed by atoms with E-state index in [1.165, 1.54) is 4.90 Å². The van der Waals surface area contributed by atoms with Crippen molar-refractivity contribution in [3.05, 3.63) is 40.0 Å². The second-order valence-corrected chi connectivity index (χ2v) is 7.08. The molecule has 4 atom stereocenters. The van der Waals surface area contributed by atoms with Crippen molar-refractivity contribution in [3.8, 4) is 0 Å². The van der Waals surface area contributed by atoms with Gasteiger partial charge in [0, 0.05) is 3.57 Å². The molecule has 1 heterocycles. The largest absolute Gasteiger partial charge is 0.274 e. The molecule has 0 aromatic heterocycles. The molecule has 0 N–H and O–H groups in total. The van der Waals surface area contributed by atoms with Crippen molar-refractivity contribution in [1.29, 1.82) is 0 Å². The fourth-order valence-electron chi connectivity index (χ4n) is 3.92. The summed E-state index contributed by atoms with van der Waals surface area (Å²) in [4.78, 5) is 26.8. The third kappa shape index (κ3) is 1.63. The molecule has 1 saturated carbocycles. The summed E-state index contributed by atoms with van der Waals surface area (Å²) in [5.74, 6) is 0.280. The summed E-state index contributed by atoms with van der Waals surface area (Å²) in [7, 11) is 0. The summed E-state index contributed by atoms with van der Waals surface area (Å²) < 4.78 is 1.10. The Morgan fingerprint density at radius 3 is 1.85 bits per heavy atom.